The van der Waals surface area contributed by atoms with Crippen LogP contribution < -0.4 is 5.73 Å². The Balaban J connectivity index is 2.46. The summed E-state index contributed by atoms with van der Waals surface area (Å²) in [4.78, 5) is 5.26. The maximum atomic E-state index is 5.58. The van der Waals surface area contributed by atoms with E-state index in [0.717, 1.165) is 16.3 Å². The summed E-state index contributed by atoms with van der Waals surface area (Å²) < 4.78 is 3.94. The molecule has 0 bridgehead atoms. The van der Waals surface area contributed by atoms with E-state index in [-0.39, 0.29) is 0 Å². The van der Waals surface area contributed by atoms with Gasteiger partial charge in [0.05, 0.1) is 16.3 Å². The molecule has 0 atom stereocenters. The quantitative estimate of drug-likeness (QED) is 0.853. The number of hydrogen-bond donors (Lipinski definition) is 1. The molecular weight excluding hydrogens is 216 g/mol. The Morgan fingerprint density at radius 3 is 2.79 bits per heavy atom. The van der Waals surface area contributed by atoms with Crippen LogP contribution in [0.3, 0.4) is 0 Å². The lowest BCUT2D eigenvalue weighted by atomic mass is 10.1. The number of hydrogen-bond acceptors (Lipinski definition) is 6. The van der Waals surface area contributed by atoms with Crippen LogP contribution >= 0.6 is 22.9 Å². The van der Waals surface area contributed by atoms with E-state index >= 15 is 0 Å². The lowest BCUT2D eigenvalue weighted by Crippen LogP contribution is -1.91. The molecule has 0 saturated carbocycles. The van der Waals surface area contributed by atoms with E-state index in [1.54, 1.807) is 0 Å². The summed E-state index contributed by atoms with van der Waals surface area (Å²) in [6.07, 6.45) is 0. The number of rotatable bonds is 2. The molecule has 0 spiro atoms. The highest BCUT2D eigenvalue weighted by Crippen LogP contribution is 2.31. The number of nitrogens with two attached hydrogens (primary N) is 1. The number of aromatic nitrogens is 3. The molecule has 0 aromatic carbocycles. The standard InChI is InChI=1S/C8H10N4S2/c1-4(2)6-7(14-12-11-6)5-3-13-8(9)10-5/h3-4H,1-2H3,(H2,9,10). The zero-order chi connectivity index (χ0) is 10.1. The highest BCUT2D eigenvalue weighted by Gasteiger charge is 2.15. The normalized spacial score (nSPS) is 11.1. The molecule has 2 heterocycles. The van der Waals surface area contributed by atoms with Crippen molar-refractivity contribution in [1.29, 1.82) is 0 Å². The Morgan fingerprint density at radius 2 is 2.21 bits per heavy atom. The molecule has 2 aromatic rings. The van der Waals surface area contributed by atoms with Crippen LogP contribution in [0.4, 0.5) is 5.13 Å². The van der Waals surface area contributed by atoms with E-state index in [4.69, 9.17) is 5.73 Å². The van der Waals surface area contributed by atoms with Crippen molar-refractivity contribution in [2.75, 3.05) is 5.73 Å². The van der Waals surface area contributed by atoms with Crippen LogP contribution in [-0.2, 0) is 0 Å². The molecule has 4 nitrogen and oxygen atoms in total. The fourth-order valence-electron chi connectivity index (χ4n) is 1.14. The zero-order valence-corrected chi connectivity index (χ0v) is 9.52. The van der Waals surface area contributed by atoms with Gasteiger partial charge in [-0.05, 0) is 17.5 Å². The second-order valence-electron chi connectivity index (χ2n) is 3.21. The smallest absolute Gasteiger partial charge is 0.180 e. The Bertz CT molecular complexity index is 432. The first-order chi connectivity index (χ1) is 6.68. The largest absolute Gasteiger partial charge is 0.375 e. The van der Waals surface area contributed by atoms with Gasteiger partial charge in [-0.15, -0.1) is 16.4 Å². The molecule has 0 aliphatic rings. The zero-order valence-electron chi connectivity index (χ0n) is 7.89. The molecule has 2 N–H and O–H groups in total. The van der Waals surface area contributed by atoms with Crippen molar-refractivity contribution < 1.29 is 0 Å². The highest BCUT2D eigenvalue weighted by molar-refractivity contribution is 7.14. The SMILES string of the molecule is CC(C)c1nnsc1-c1csc(N)n1. The molecule has 0 aliphatic carbocycles. The van der Waals surface area contributed by atoms with Crippen molar-refractivity contribution in [3.05, 3.63) is 11.1 Å². The maximum absolute atomic E-state index is 5.58. The van der Waals surface area contributed by atoms with Gasteiger partial charge in [0.1, 0.15) is 0 Å². The summed E-state index contributed by atoms with van der Waals surface area (Å²) in [7, 11) is 0. The van der Waals surface area contributed by atoms with Gasteiger partial charge in [-0.1, -0.05) is 18.3 Å². The topological polar surface area (TPSA) is 64.7 Å². The van der Waals surface area contributed by atoms with Crippen LogP contribution in [0.2, 0.25) is 0 Å². The summed E-state index contributed by atoms with van der Waals surface area (Å²) in [5.41, 5.74) is 7.48. The van der Waals surface area contributed by atoms with Gasteiger partial charge in [-0.25, -0.2) is 4.98 Å². The average Bonchev–Trinajstić information content (AvgIpc) is 2.70. The van der Waals surface area contributed by atoms with E-state index in [1.165, 1.54) is 22.9 Å². The molecule has 0 amide bonds. The van der Waals surface area contributed by atoms with Gasteiger partial charge in [0.15, 0.2) is 5.13 Å². The maximum Gasteiger partial charge on any atom is 0.180 e. The van der Waals surface area contributed by atoms with Crippen LogP contribution in [0.25, 0.3) is 10.6 Å². The van der Waals surface area contributed by atoms with E-state index in [9.17, 15) is 0 Å². The molecular formula is C8H10N4S2. The molecule has 6 heteroatoms. The molecule has 14 heavy (non-hydrogen) atoms. The Labute approximate surface area is 90.0 Å². The third-order valence-electron chi connectivity index (χ3n) is 1.81. The summed E-state index contributed by atoms with van der Waals surface area (Å²) in [5.74, 6) is 0.367. The number of nitrogen functional groups attached to an aromatic ring is 1. The fourth-order valence-corrected chi connectivity index (χ4v) is 2.55. The predicted octanol–water partition coefficient (Wildman–Crippen LogP) is 2.37. The van der Waals surface area contributed by atoms with Gasteiger partial charge in [-0.3, -0.25) is 0 Å². The first-order valence-electron chi connectivity index (χ1n) is 4.22. The third kappa shape index (κ3) is 1.62. The second kappa shape index (κ2) is 3.62. The molecule has 74 valence electrons. The van der Waals surface area contributed by atoms with Gasteiger partial charge in [0, 0.05) is 5.38 Å². The van der Waals surface area contributed by atoms with E-state index in [1.807, 2.05) is 5.38 Å². The molecule has 0 unspecified atom stereocenters. The molecule has 0 aliphatic heterocycles. The molecule has 0 saturated heterocycles. The number of anilines is 1. The van der Waals surface area contributed by atoms with Crippen molar-refractivity contribution in [1.82, 2.24) is 14.6 Å². The van der Waals surface area contributed by atoms with Crippen LogP contribution in [0.15, 0.2) is 5.38 Å². The Morgan fingerprint density at radius 1 is 1.43 bits per heavy atom. The minimum absolute atomic E-state index is 0.367. The average molecular weight is 226 g/mol. The lowest BCUT2D eigenvalue weighted by molar-refractivity contribution is 0.813. The number of thiazole rings is 1. The van der Waals surface area contributed by atoms with Crippen molar-refractivity contribution >= 4 is 28.0 Å². The van der Waals surface area contributed by atoms with Crippen LogP contribution in [-0.4, -0.2) is 14.6 Å². The van der Waals surface area contributed by atoms with E-state index < -0.39 is 0 Å². The third-order valence-corrected chi connectivity index (χ3v) is 3.25. The fraction of sp³-hybridized carbons (Fsp3) is 0.375. The second-order valence-corrected chi connectivity index (χ2v) is 4.86. The van der Waals surface area contributed by atoms with Crippen LogP contribution in [0, 0.1) is 0 Å². The first kappa shape index (κ1) is 9.54. The Hall–Kier alpha value is -1.01. The lowest BCUT2D eigenvalue weighted by Gasteiger charge is -2.00. The summed E-state index contributed by atoms with van der Waals surface area (Å²) >= 11 is 2.81. The van der Waals surface area contributed by atoms with Crippen LogP contribution in [0.1, 0.15) is 25.5 Å². The van der Waals surface area contributed by atoms with Gasteiger partial charge in [0.25, 0.3) is 0 Å². The van der Waals surface area contributed by atoms with Gasteiger partial charge in [0.2, 0.25) is 0 Å². The van der Waals surface area contributed by atoms with Crippen molar-refractivity contribution in [2.45, 2.75) is 19.8 Å². The van der Waals surface area contributed by atoms with E-state index in [0.29, 0.717) is 11.0 Å². The Kier molecular flexibility index (Phi) is 2.47. The minimum Gasteiger partial charge on any atom is -0.375 e. The molecule has 0 radical (unpaired) electrons. The predicted molar refractivity (Wildman–Crippen MR) is 59.5 cm³/mol. The van der Waals surface area contributed by atoms with Gasteiger partial charge >= 0.3 is 0 Å². The molecule has 2 aromatic heterocycles. The van der Waals surface area contributed by atoms with Crippen molar-refractivity contribution in [3.63, 3.8) is 0 Å². The van der Waals surface area contributed by atoms with Gasteiger partial charge in [-0.2, -0.15) is 0 Å². The van der Waals surface area contributed by atoms with E-state index in [2.05, 4.69) is 28.4 Å². The highest BCUT2D eigenvalue weighted by atomic mass is 32.1. The monoisotopic (exact) mass is 226 g/mol. The minimum atomic E-state index is 0.367. The first-order valence-corrected chi connectivity index (χ1v) is 5.87. The molecule has 2 rings (SSSR count). The van der Waals surface area contributed by atoms with Crippen molar-refractivity contribution in [2.24, 2.45) is 0 Å². The number of nitrogens with zero attached hydrogens (tertiary/aromatic N) is 3. The summed E-state index contributed by atoms with van der Waals surface area (Å²) in [6.45, 7) is 4.19. The van der Waals surface area contributed by atoms with Crippen LogP contribution in [0.5, 0.6) is 0 Å². The van der Waals surface area contributed by atoms with Crippen molar-refractivity contribution in [3.8, 4) is 10.6 Å². The summed E-state index contributed by atoms with van der Waals surface area (Å²) in [6, 6.07) is 0. The van der Waals surface area contributed by atoms with Gasteiger partial charge < -0.3 is 5.73 Å². The summed E-state index contributed by atoms with van der Waals surface area (Å²) in [5, 5.41) is 6.62. The molecule has 0 fully saturated rings.